The lowest BCUT2D eigenvalue weighted by molar-refractivity contribution is -0.144. The van der Waals surface area contributed by atoms with Crippen LogP contribution in [0.5, 0.6) is 5.75 Å². The van der Waals surface area contributed by atoms with Crippen LogP contribution >= 0.6 is 0 Å². The van der Waals surface area contributed by atoms with Crippen molar-refractivity contribution in [3.8, 4) is 5.75 Å². The molecule has 0 fully saturated rings. The van der Waals surface area contributed by atoms with Crippen LogP contribution in [0.25, 0.3) is 0 Å². The third-order valence-corrected chi connectivity index (χ3v) is 5.16. The number of nitrogens with one attached hydrogen (secondary N) is 1. The normalized spacial score (nSPS) is 11.2. The van der Waals surface area contributed by atoms with Gasteiger partial charge in [-0.05, 0) is 37.6 Å². The number of hydrogen-bond acceptors (Lipinski definition) is 5. The molecule has 0 aliphatic carbocycles. The van der Waals surface area contributed by atoms with E-state index in [0.717, 1.165) is 17.7 Å². The van der Waals surface area contributed by atoms with E-state index in [1.54, 1.807) is 0 Å². The molecule has 1 N–H and O–H groups in total. The zero-order chi connectivity index (χ0) is 20.6. The van der Waals surface area contributed by atoms with Crippen molar-refractivity contribution >= 4 is 16.0 Å². The van der Waals surface area contributed by atoms with E-state index in [4.69, 9.17) is 9.47 Å². The summed E-state index contributed by atoms with van der Waals surface area (Å²) in [4.78, 5) is 11.0. The molecule has 0 saturated heterocycles. The first-order valence-electron chi connectivity index (χ1n) is 8.58. The molecule has 0 atom stereocenters. The van der Waals surface area contributed by atoms with Gasteiger partial charge in [-0.2, -0.15) is 0 Å². The van der Waals surface area contributed by atoms with Crippen molar-refractivity contribution in [3.05, 3.63) is 59.7 Å². The average Bonchev–Trinajstić information content (AvgIpc) is 2.63. The van der Waals surface area contributed by atoms with Crippen LogP contribution in [0.15, 0.2) is 47.4 Å². The predicted octanol–water partition coefficient (Wildman–Crippen LogP) is 2.95. The summed E-state index contributed by atoms with van der Waals surface area (Å²) in [6, 6.07) is 9.62. The highest BCUT2D eigenvalue weighted by Crippen LogP contribution is 2.15. The van der Waals surface area contributed by atoms with Crippen molar-refractivity contribution in [2.24, 2.45) is 0 Å². The molecule has 2 aromatic carbocycles. The van der Waals surface area contributed by atoms with E-state index >= 15 is 0 Å². The molecule has 0 bridgehead atoms. The largest absolute Gasteiger partial charge is 0.490 e. The number of aryl methyl sites for hydroxylation is 1. The van der Waals surface area contributed by atoms with Gasteiger partial charge < -0.3 is 9.47 Å². The van der Waals surface area contributed by atoms with Crippen molar-refractivity contribution in [1.29, 1.82) is 0 Å². The second-order valence-corrected chi connectivity index (χ2v) is 7.69. The predicted molar refractivity (Wildman–Crippen MR) is 98.4 cm³/mol. The Morgan fingerprint density at radius 1 is 1.07 bits per heavy atom. The van der Waals surface area contributed by atoms with Gasteiger partial charge in [0.15, 0.2) is 0 Å². The Bertz CT molecular complexity index is 901. The maximum absolute atomic E-state index is 13.6. The zero-order valence-corrected chi connectivity index (χ0v) is 16.1. The van der Waals surface area contributed by atoms with Crippen molar-refractivity contribution in [3.63, 3.8) is 0 Å². The van der Waals surface area contributed by atoms with Crippen molar-refractivity contribution < 1.29 is 31.5 Å². The van der Waals surface area contributed by atoms with E-state index in [2.05, 4.69) is 4.72 Å². The summed E-state index contributed by atoms with van der Waals surface area (Å²) < 4.78 is 62.9. The summed E-state index contributed by atoms with van der Waals surface area (Å²) >= 11 is 0. The van der Waals surface area contributed by atoms with E-state index in [0.29, 0.717) is 11.8 Å². The Kier molecular flexibility index (Phi) is 7.89. The smallest absolute Gasteiger partial charge is 0.305 e. The first kappa shape index (κ1) is 21.8. The Balaban J connectivity index is 1.64. The molecule has 152 valence electrons. The van der Waals surface area contributed by atoms with Crippen LogP contribution in [0.3, 0.4) is 0 Å². The number of rotatable bonds is 10. The summed E-state index contributed by atoms with van der Waals surface area (Å²) in [6.45, 7) is 2.14. The summed E-state index contributed by atoms with van der Waals surface area (Å²) in [5.41, 5.74) is 1.11. The van der Waals surface area contributed by atoms with Gasteiger partial charge in [-0.1, -0.05) is 17.7 Å². The van der Waals surface area contributed by atoms with Gasteiger partial charge in [0.05, 0.1) is 0 Å². The molecule has 0 saturated carbocycles. The number of halogens is 2. The first-order valence-corrected chi connectivity index (χ1v) is 10.1. The van der Waals surface area contributed by atoms with Crippen molar-refractivity contribution in [1.82, 2.24) is 4.72 Å². The highest BCUT2D eigenvalue weighted by Gasteiger charge is 2.19. The van der Waals surface area contributed by atoms with Crippen LogP contribution in [-0.4, -0.2) is 34.1 Å². The van der Waals surface area contributed by atoms with Gasteiger partial charge in [0, 0.05) is 19.0 Å². The number of hydrogen-bond donors (Lipinski definition) is 1. The van der Waals surface area contributed by atoms with E-state index in [1.165, 1.54) is 0 Å². The van der Waals surface area contributed by atoms with E-state index < -0.39 is 32.5 Å². The van der Waals surface area contributed by atoms with Gasteiger partial charge >= 0.3 is 5.97 Å². The van der Waals surface area contributed by atoms with Crippen LogP contribution in [0.4, 0.5) is 8.78 Å². The van der Waals surface area contributed by atoms with Crippen LogP contribution in [0.1, 0.15) is 18.4 Å². The molecule has 0 radical (unpaired) electrons. The van der Waals surface area contributed by atoms with Gasteiger partial charge in [-0.25, -0.2) is 21.9 Å². The molecule has 0 spiro atoms. The van der Waals surface area contributed by atoms with E-state index in [1.807, 2.05) is 31.2 Å². The fourth-order valence-electron chi connectivity index (χ4n) is 2.23. The fourth-order valence-corrected chi connectivity index (χ4v) is 3.36. The number of benzene rings is 2. The first-order chi connectivity index (χ1) is 13.3. The van der Waals surface area contributed by atoms with Gasteiger partial charge in [0.25, 0.3) is 0 Å². The molecule has 0 heterocycles. The average molecular weight is 413 g/mol. The summed E-state index contributed by atoms with van der Waals surface area (Å²) in [5.74, 6) is -1.88. The molecule has 0 aliphatic heterocycles. The molecular formula is C19H21F2NO5S. The minimum absolute atomic E-state index is 0.0149. The highest BCUT2D eigenvalue weighted by atomic mass is 32.2. The topological polar surface area (TPSA) is 81.7 Å². The van der Waals surface area contributed by atoms with Crippen LogP contribution < -0.4 is 9.46 Å². The summed E-state index contributed by atoms with van der Waals surface area (Å²) in [7, 11) is -4.12. The van der Waals surface area contributed by atoms with Crippen LogP contribution in [-0.2, 0) is 19.6 Å². The number of carbonyl (C=O) groups excluding carboxylic acids is 1. The Hall–Kier alpha value is -2.52. The molecule has 9 heteroatoms. The zero-order valence-electron chi connectivity index (χ0n) is 15.3. The van der Waals surface area contributed by atoms with Gasteiger partial charge in [0.1, 0.15) is 35.5 Å². The molecule has 0 aromatic heterocycles. The molecule has 6 nitrogen and oxygen atoms in total. The maximum atomic E-state index is 13.6. The fraction of sp³-hybridized carbons (Fsp3) is 0.316. The van der Waals surface area contributed by atoms with Gasteiger partial charge in [-0.15, -0.1) is 0 Å². The number of esters is 1. The molecule has 0 amide bonds. The quantitative estimate of drug-likeness (QED) is 0.478. The van der Waals surface area contributed by atoms with Gasteiger partial charge in [0.2, 0.25) is 10.0 Å². The Labute approximate surface area is 162 Å². The molecule has 2 rings (SSSR count). The van der Waals surface area contributed by atoms with Crippen LogP contribution in [0.2, 0.25) is 0 Å². The monoisotopic (exact) mass is 413 g/mol. The van der Waals surface area contributed by atoms with Crippen LogP contribution in [0, 0.1) is 18.6 Å². The third-order valence-electron chi connectivity index (χ3n) is 3.67. The standard InChI is InChI=1S/C19H21F2NO5S/c1-14-4-7-16(8-5-14)26-11-12-27-19(23)3-2-10-22-28(24,25)18-9-6-15(20)13-17(18)21/h4-9,13,22H,2-3,10-12H2,1H3. The molecule has 0 unspecified atom stereocenters. The minimum Gasteiger partial charge on any atom is -0.490 e. The van der Waals surface area contributed by atoms with E-state index in [9.17, 15) is 22.0 Å². The van der Waals surface area contributed by atoms with Crippen molar-refractivity contribution in [2.45, 2.75) is 24.7 Å². The lowest BCUT2D eigenvalue weighted by Gasteiger charge is -2.09. The number of sulfonamides is 1. The number of carbonyl (C=O) groups is 1. The number of ether oxygens (including phenoxy) is 2. The van der Waals surface area contributed by atoms with Crippen molar-refractivity contribution in [2.75, 3.05) is 19.8 Å². The molecule has 28 heavy (non-hydrogen) atoms. The molecule has 0 aliphatic rings. The highest BCUT2D eigenvalue weighted by molar-refractivity contribution is 7.89. The Morgan fingerprint density at radius 2 is 1.79 bits per heavy atom. The lowest BCUT2D eigenvalue weighted by Crippen LogP contribution is -2.26. The minimum atomic E-state index is -4.12. The maximum Gasteiger partial charge on any atom is 0.305 e. The second-order valence-electron chi connectivity index (χ2n) is 5.96. The summed E-state index contributed by atoms with van der Waals surface area (Å²) in [6.07, 6.45) is 0.151. The molecule has 2 aromatic rings. The second kappa shape index (κ2) is 10.1. The molecular weight excluding hydrogens is 392 g/mol. The van der Waals surface area contributed by atoms with E-state index in [-0.39, 0.29) is 32.6 Å². The SMILES string of the molecule is Cc1ccc(OCCOC(=O)CCCNS(=O)(=O)c2ccc(F)cc2F)cc1. The third kappa shape index (κ3) is 6.90. The summed E-state index contributed by atoms with van der Waals surface area (Å²) in [5, 5.41) is 0. The lowest BCUT2D eigenvalue weighted by atomic mass is 10.2. The van der Waals surface area contributed by atoms with Gasteiger partial charge in [-0.3, -0.25) is 4.79 Å². The Morgan fingerprint density at radius 3 is 2.46 bits per heavy atom.